The molecule has 25 heavy (non-hydrogen) atoms. The first kappa shape index (κ1) is 17.4. The molecular formula is C18H25N5O2. The molecule has 3 heterocycles. The summed E-state index contributed by atoms with van der Waals surface area (Å²) in [5.74, 6) is 0.755. The lowest BCUT2D eigenvalue weighted by Gasteiger charge is -2.35. The van der Waals surface area contributed by atoms with E-state index in [-0.39, 0.29) is 12.1 Å². The molecule has 1 N–H and O–H groups in total. The minimum Gasteiger partial charge on any atom is -0.361 e. The van der Waals surface area contributed by atoms with Crippen molar-refractivity contribution >= 4 is 6.03 Å². The maximum atomic E-state index is 12.5. The van der Waals surface area contributed by atoms with Crippen molar-refractivity contribution in [2.75, 3.05) is 26.2 Å². The third-order valence-electron chi connectivity index (χ3n) is 4.63. The van der Waals surface area contributed by atoms with E-state index in [0.717, 1.165) is 42.3 Å². The number of amides is 2. The van der Waals surface area contributed by atoms with Crippen LogP contribution < -0.4 is 5.32 Å². The van der Waals surface area contributed by atoms with Gasteiger partial charge in [0, 0.05) is 44.5 Å². The van der Waals surface area contributed by atoms with Crippen LogP contribution in [-0.2, 0) is 6.54 Å². The van der Waals surface area contributed by atoms with Crippen LogP contribution in [0.25, 0.3) is 0 Å². The van der Waals surface area contributed by atoms with Crippen LogP contribution in [0.1, 0.15) is 35.7 Å². The van der Waals surface area contributed by atoms with E-state index in [2.05, 4.69) is 20.4 Å². The fraction of sp³-hybridized carbons (Fsp3) is 0.500. The van der Waals surface area contributed by atoms with Crippen molar-refractivity contribution in [2.24, 2.45) is 0 Å². The molecule has 3 rings (SSSR count). The lowest BCUT2D eigenvalue weighted by Crippen LogP contribution is -2.51. The fourth-order valence-electron chi connectivity index (χ4n) is 3.29. The zero-order chi connectivity index (χ0) is 17.8. The number of nitrogens with zero attached hydrogens (tertiary/aromatic N) is 4. The Morgan fingerprint density at radius 1 is 1.28 bits per heavy atom. The van der Waals surface area contributed by atoms with Crippen LogP contribution in [0.2, 0.25) is 0 Å². The van der Waals surface area contributed by atoms with Gasteiger partial charge in [0.25, 0.3) is 0 Å². The number of urea groups is 1. The average molecular weight is 343 g/mol. The van der Waals surface area contributed by atoms with Crippen LogP contribution >= 0.6 is 0 Å². The zero-order valence-corrected chi connectivity index (χ0v) is 15.0. The number of carbonyl (C=O) groups is 1. The third kappa shape index (κ3) is 4.17. The van der Waals surface area contributed by atoms with Crippen LogP contribution in [0.15, 0.2) is 28.9 Å². The molecule has 0 aromatic carbocycles. The molecule has 0 saturated carbocycles. The fourth-order valence-corrected chi connectivity index (χ4v) is 3.29. The molecule has 1 saturated heterocycles. The standard InChI is InChI=1S/C18H25N5O2/c1-13(17-14(2)21-25-15(17)3)20-18(24)23-10-8-22(9-11-23)12-16-6-4-5-7-19-16/h4-7,13H,8-12H2,1-3H3,(H,20,24)/t13-/m0/s1. The van der Waals surface area contributed by atoms with Crippen LogP contribution in [0.3, 0.4) is 0 Å². The minimum absolute atomic E-state index is 0.0370. The Kier molecular flexibility index (Phi) is 5.33. The molecule has 1 atom stereocenters. The van der Waals surface area contributed by atoms with Gasteiger partial charge in [-0.05, 0) is 32.9 Å². The smallest absolute Gasteiger partial charge is 0.317 e. The van der Waals surface area contributed by atoms with Gasteiger partial charge in [-0.25, -0.2) is 4.79 Å². The number of piperazine rings is 1. The first-order chi connectivity index (χ1) is 12.0. The molecule has 2 amide bonds. The molecule has 0 aliphatic carbocycles. The van der Waals surface area contributed by atoms with E-state index in [9.17, 15) is 4.79 Å². The molecule has 0 spiro atoms. The summed E-state index contributed by atoms with van der Waals surface area (Å²) < 4.78 is 5.19. The Morgan fingerprint density at radius 2 is 2.04 bits per heavy atom. The van der Waals surface area contributed by atoms with Gasteiger partial charge in [-0.1, -0.05) is 11.2 Å². The number of rotatable bonds is 4. The normalized spacial score (nSPS) is 16.7. The number of hydrogen-bond acceptors (Lipinski definition) is 5. The van der Waals surface area contributed by atoms with E-state index in [1.807, 2.05) is 50.1 Å². The largest absolute Gasteiger partial charge is 0.361 e. The lowest BCUT2D eigenvalue weighted by atomic mass is 10.1. The lowest BCUT2D eigenvalue weighted by molar-refractivity contribution is 0.133. The Labute approximate surface area is 148 Å². The third-order valence-corrected chi connectivity index (χ3v) is 4.63. The summed E-state index contributed by atoms with van der Waals surface area (Å²) in [5.41, 5.74) is 2.85. The van der Waals surface area contributed by atoms with Crippen LogP contribution in [-0.4, -0.2) is 52.2 Å². The Morgan fingerprint density at radius 3 is 2.64 bits per heavy atom. The summed E-state index contributed by atoms with van der Waals surface area (Å²) in [6.07, 6.45) is 1.81. The molecule has 134 valence electrons. The monoisotopic (exact) mass is 343 g/mol. The number of carbonyl (C=O) groups excluding carboxylic acids is 1. The molecule has 1 fully saturated rings. The molecule has 1 aliphatic rings. The van der Waals surface area contributed by atoms with Gasteiger partial charge in [-0.2, -0.15) is 0 Å². The predicted molar refractivity (Wildman–Crippen MR) is 94.0 cm³/mol. The number of nitrogens with one attached hydrogen (secondary N) is 1. The molecule has 0 bridgehead atoms. The zero-order valence-electron chi connectivity index (χ0n) is 15.0. The maximum absolute atomic E-state index is 12.5. The highest BCUT2D eigenvalue weighted by Gasteiger charge is 2.24. The maximum Gasteiger partial charge on any atom is 0.317 e. The summed E-state index contributed by atoms with van der Waals surface area (Å²) in [6, 6.07) is 5.80. The molecular weight excluding hydrogens is 318 g/mol. The van der Waals surface area contributed by atoms with Gasteiger partial charge in [-0.3, -0.25) is 9.88 Å². The summed E-state index contributed by atoms with van der Waals surface area (Å²) in [5, 5.41) is 7.01. The number of pyridine rings is 1. The van der Waals surface area contributed by atoms with Crippen molar-refractivity contribution in [3.63, 3.8) is 0 Å². The summed E-state index contributed by atoms with van der Waals surface area (Å²) in [4.78, 5) is 21.1. The van der Waals surface area contributed by atoms with Gasteiger partial charge in [0.05, 0.1) is 17.4 Å². The molecule has 2 aromatic heterocycles. The number of hydrogen-bond donors (Lipinski definition) is 1. The van der Waals surface area contributed by atoms with Gasteiger partial charge < -0.3 is 14.7 Å². The summed E-state index contributed by atoms with van der Waals surface area (Å²) in [6.45, 7) is 9.68. The second-order valence-electron chi connectivity index (χ2n) is 6.49. The van der Waals surface area contributed by atoms with Crippen LogP contribution in [0, 0.1) is 13.8 Å². The van der Waals surface area contributed by atoms with Crippen molar-refractivity contribution in [3.05, 3.63) is 47.1 Å². The Balaban J connectivity index is 1.50. The summed E-state index contributed by atoms with van der Waals surface area (Å²) in [7, 11) is 0. The predicted octanol–water partition coefficient (Wildman–Crippen LogP) is 2.27. The summed E-state index contributed by atoms with van der Waals surface area (Å²) >= 11 is 0. The van der Waals surface area contributed by atoms with Crippen molar-refractivity contribution < 1.29 is 9.32 Å². The number of aromatic nitrogens is 2. The van der Waals surface area contributed by atoms with Crippen molar-refractivity contribution in [1.82, 2.24) is 25.3 Å². The van der Waals surface area contributed by atoms with Crippen molar-refractivity contribution in [3.8, 4) is 0 Å². The Bertz CT molecular complexity index is 688. The molecule has 0 radical (unpaired) electrons. The first-order valence-corrected chi connectivity index (χ1v) is 8.65. The van der Waals surface area contributed by atoms with E-state index in [0.29, 0.717) is 13.1 Å². The second kappa shape index (κ2) is 7.65. The Hall–Kier alpha value is -2.41. The number of aryl methyl sites for hydroxylation is 2. The average Bonchev–Trinajstić information content (AvgIpc) is 2.95. The highest BCUT2D eigenvalue weighted by Crippen LogP contribution is 2.21. The van der Waals surface area contributed by atoms with E-state index in [1.165, 1.54) is 0 Å². The van der Waals surface area contributed by atoms with E-state index in [4.69, 9.17) is 4.52 Å². The van der Waals surface area contributed by atoms with Gasteiger partial charge in [0.15, 0.2) is 0 Å². The molecule has 2 aromatic rings. The SMILES string of the molecule is Cc1noc(C)c1[C@H](C)NC(=O)N1CCN(Cc2ccccn2)CC1. The van der Waals surface area contributed by atoms with E-state index in [1.54, 1.807) is 0 Å². The molecule has 1 aliphatic heterocycles. The topological polar surface area (TPSA) is 74.5 Å². The van der Waals surface area contributed by atoms with Gasteiger partial charge in [-0.15, -0.1) is 0 Å². The van der Waals surface area contributed by atoms with Crippen molar-refractivity contribution in [2.45, 2.75) is 33.4 Å². The quantitative estimate of drug-likeness (QED) is 0.922. The van der Waals surface area contributed by atoms with Crippen LogP contribution in [0.5, 0.6) is 0 Å². The van der Waals surface area contributed by atoms with Gasteiger partial charge >= 0.3 is 6.03 Å². The van der Waals surface area contributed by atoms with Crippen molar-refractivity contribution in [1.29, 1.82) is 0 Å². The molecule has 0 unspecified atom stereocenters. The van der Waals surface area contributed by atoms with E-state index >= 15 is 0 Å². The highest BCUT2D eigenvalue weighted by atomic mass is 16.5. The molecule has 7 nitrogen and oxygen atoms in total. The highest BCUT2D eigenvalue weighted by molar-refractivity contribution is 5.75. The molecule has 7 heteroatoms. The van der Waals surface area contributed by atoms with E-state index < -0.39 is 0 Å². The second-order valence-corrected chi connectivity index (χ2v) is 6.49. The first-order valence-electron chi connectivity index (χ1n) is 8.65. The minimum atomic E-state index is -0.120. The van der Waals surface area contributed by atoms with Gasteiger partial charge in [0.1, 0.15) is 5.76 Å². The van der Waals surface area contributed by atoms with Gasteiger partial charge in [0.2, 0.25) is 0 Å². The van der Waals surface area contributed by atoms with Crippen LogP contribution in [0.4, 0.5) is 4.79 Å².